The van der Waals surface area contributed by atoms with E-state index in [4.69, 9.17) is 16.2 Å². The Kier molecular flexibility index (Phi) is 9.05. The fraction of sp³-hybridized carbons (Fsp3) is 0.300. The normalized spacial score (nSPS) is 15.7. The summed E-state index contributed by atoms with van der Waals surface area (Å²) in [7, 11) is 0. The van der Waals surface area contributed by atoms with E-state index in [1.807, 2.05) is 48.5 Å². The lowest BCUT2D eigenvalue weighted by Crippen LogP contribution is -2.22. The van der Waals surface area contributed by atoms with E-state index in [0.29, 0.717) is 17.7 Å². The van der Waals surface area contributed by atoms with Crippen LogP contribution < -0.4 is 11.5 Å². The third-order valence-corrected chi connectivity index (χ3v) is 8.19. The van der Waals surface area contributed by atoms with Crippen LogP contribution >= 0.6 is 31.9 Å². The quantitative estimate of drug-likeness (QED) is 0.265. The number of fused-ring (bicyclic) bond motifs is 2. The van der Waals surface area contributed by atoms with Gasteiger partial charge in [0.15, 0.2) is 17.2 Å². The van der Waals surface area contributed by atoms with Gasteiger partial charge in [-0.15, -0.1) is 0 Å². The first kappa shape index (κ1) is 29.9. The van der Waals surface area contributed by atoms with Gasteiger partial charge in [-0.25, -0.2) is 14.2 Å². The largest absolute Gasteiger partial charge is 0.461 e. The maximum absolute atomic E-state index is 12.3. The van der Waals surface area contributed by atoms with Crippen molar-refractivity contribution in [2.45, 2.75) is 51.5 Å². The van der Waals surface area contributed by atoms with Crippen LogP contribution in [0.3, 0.4) is 0 Å². The molecule has 0 spiro atoms. The van der Waals surface area contributed by atoms with E-state index >= 15 is 0 Å². The Balaban J connectivity index is 0.000000169. The molecule has 1 atom stereocenters. The van der Waals surface area contributed by atoms with Crippen molar-refractivity contribution in [1.29, 1.82) is 0 Å². The summed E-state index contributed by atoms with van der Waals surface area (Å²) < 4.78 is 10.4. The summed E-state index contributed by atoms with van der Waals surface area (Å²) in [5.41, 5.74) is 16.7. The van der Waals surface area contributed by atoms with Gasteiger partial charge < -0.3 is 16.2 Å². The predicted octanol–water partition coefficient (Wildman–Crippen LogP) is 5.40. The summed E-state index contributed by atoms with van der Waals surface area (Å²) in [4.78, 5) is 36.0. The molecule has 42 heavy (non-hydrogen) atoms. The zero-order valence-corrected chi connectivity index (χ0v) is 26.2. The minimum absolute atomic E-state index is 0.0365. The van der Waals surface area contributed by atoms with Gasteiger partial charge >= 0.3 is 5.97 Å². The van der Waals surface area contributed by atoms with E-state index in [0.717, 1.165) is 69.4 Å². The lowest BCUT2D eigenvalue weighted by Gasteiger charge is -2.20. The van der Waals surface area contributed by atoms with Crippen LogP contribution in [0.5, 0.6) is 0 Å². The van der Waals surface area contributed by atoms with Gasteiger partial charge in [-0.3, -0.25) is 9.59 Å². The second kappa shape index (κ2) is 12.7. The minimum Gasteiger partial charge on any atom is -0.461 e. The molecule has 1 unspecified atom stereocenters. The highest BCUT2D eigenvalue weighted by Gasteiger charge is 2.32. The van der Waals surface area contributed by atoms with E-state index in [1.54, 1.807) is 16.3 Å². The molecule has 12 heteroatoms. The number of nitrogens with two attached hydrogens (primary N) is 2. The first-order valence-corrected chi connectivity index (χ1v) is 15.3. The molecule has 2 aromatic carbocycles. The van der Waals surface area contributed by atoms with Crippen molar-refractivity contribution in [2.75, 3.05) is 6.61 Å². The number of benzene rings is 2. The van der Waals surface area contributed by atoms with E-state index in [1.165, 1.54) is 0 Å². The fourth-order valence-corrected chi connectivity index (χ4v) is 6.19. The Bertz CT molecular complexity index is 1680. The van der Waals surface area contributed by atoms with Crippen LogP contribution in [-0.4, -0.2) is 43.8 Å². The standard InChI is InChI=1S/C16H15BrN2O3.C14H15BrN4O/c1-2-22-16(21)15-14-12(7-4-8-13(14)20)19(18-15)11-6-3-5-10(17)9-11;15-8-3-1-4-9(7-8)19-11-6-2-5-10(16)12(11)13(18-19)14(17)20/h3,5-6,9H,2,4,7-8H2,1H3;1,3-4,7,10H,2,5-6,16H2,(H2,17,20). The minimum atomic E-state index is -0.539. The molecule has 2 heterocycles. The molecule has 10 nitrogen and oxygen atoms in total. The highest BCUT2D eigenvalue weighted by atomic mass is 79.9. The van der Waals surface area contributed by atoms with Crippen LogP contribution in [0.25, 0.3) is 11.4 Å². The van der Waals surface area contributed by atoms with Crippen LogP contribution in [0.1, 0.15) is 86.9 Å². The molecule has 6 rings (SSSR count). The maximum Gasteiger partial charge on any atom is 0.359 e. The molecule has 4 N–H and O–H groups in total. The number of aromatic nitrogens is 4. The van der Waals surface area contributed by atoms with Gasteiger partial charge in [0, 0.05) is 32.7 Å². The summed E-state index contributed by atoms with van der Waals surface area (Å²) in [5, 5.41) is 8.77. The van der Waals surface area contributed by atoms with Crippen molar-refractivity contribution in [3.8, 4) is 11.4 Å². The van der Waals surface area contributed by atoms with Crippen LogP contribution in [0.15, 0.2) is 57.5 Å². The molecule has 0 saturated carbocycles. The summed E-state index contributed by atoms with van der Waals surface area (Å²) in [6.45, 7) is 1.99. The Morgan fingerprint density at radius 2 is 1.52 bits per heavy atom. The zero-order chi connectivity index (χ0) is 30.0. The van der Waals surface area contributed by atoms with Crippen LogP contribution in [0.4, 0.5) is 0 Å². The maximum atomic E-state index is 12.3. The van der Waals surface area contributed by atoms with Gasteiger partial charge in [0.2, 0.25) is 0 Å². The first-order valence-electron chi connectivity index (χ1n) is 13.7. The number of rotatable bonds is 5. The van der Waals surface area contributed by atoms with E-state index in [9.17, 15) is 14.4 Å². The van der Waals surface area contributed by atoms with Crippen molar-refractivity contribution in [2.24, 2.45) is 11.5 Å². The third kappa shape index (κ3) is 5.97. The van der Waals surface area contributed by atoms with Gasteiger partial charge in [-0.2, -0.15) is 10.2 Å². The number of Topliss-reactive ketones (excluding diaryl/α,β-unsaturated/α-hetero) is 1. The van der Waals surface area contributed by atoms with Crippen molar-refractivity contribution < 1.29 is 19.1 Å². The summed E-state index contributed by atoms with van der Waals surface area (Å²) >= 11 is 6.87. The Morgan fingerprint density at radius 3 is 2.12 bits per heavy atom. The Morgan fingerprint density at radius 1 is 0.929 bits per heavy atom. The molecule has 1 amide bonds. The van der Waals surface area contributed by atoms with Crippen molar-refractivity contribution >= 4 is 49.5 Å². The lowest BCUT2D eigenvalue weighted by atomic mass is 9.91. The van der Waals surface area contributed by atoms with E-state index in [2.05, 4.69) is 42.1 Å². The molecular formula is C30H30Br2N6O4. The van der Waals surface area contributed by atoms with E-state index < -0.39 is 11.9 Å². The smallest absolute Gasteiger partial charge is 0.359 e. The number of amides is 1. The number of nitrogens with zero attached hydrogens (tertiary/aromatic N) is 4. The Labute approximate surface area is 259 Å². The highest BCUT2D eigenvalue weighted by molar-refractivity contribution is 9.10. The second-order valence-corrected chi connectivity index (χ2v) is 11.9. The molecule has 2 aliphatic rings. The SMILES string of the molecule is CCOC(=O)c1nn(-c2cccc(Br)c2)c2c1C(=O)CCC2.NC(=O)c1nn(-c2cccc(Br)c2)c2c1C(N)CCC2. The number of hydrogen-bond acceptors (Lipinski definition) is 7. The summed E-state index contributed by atoms with van der Waals surface area (Å²) in [5.74, 6) is -1.10. The summed E-state index contributed by atoms with van der Waals surface area (Å²) in [6, 6.07) is 15.2. The van der Waals surface area contributed by atoms with E-state index in [-0.39, 0.29) is 24.1 Å². The number of carbonyl (C=O) groups is 3. The lowest BCUT2D eigenvalue weighted by molar-refractivity contribution is 0.0515. The van der Waals surface area contributed by atoms with Crippen molar-refractivity contribution in [3.05, 3.63) is 91.4 Å². The molecule has 2 aromatic heterocycles. The van der Waals surface area contributed by atoms with Gasteiger partial charge in [-0.1, -0.05) is 44.0 Å². The van der Waals surface area contributed by atoms with Crippen molar-refractivity contribution in [1.82, 2.24) is 19.6 Å². The monoisotopic (exact) mass is 696 g/mol. The van der Waals surface area contributed by atoms with Gasteiger partial charge in [0.05, 0.1) is 29.2 Å². The molecule has 4 aromatic rings. The predicted molar refractivity (Wildman–Crippen MR) is 164 cm³/mol. The van der Waals surface area contributed by atoms with Crippen molar-refractivity contribution in [3.63, 3.8) is 0 Å². The average Bonchev–Trinajstić information content (AvgIpc) is 3.55. The number of ether oxygens (including phenoxy) is 1. The zero-order valence-electron chi connectivity index (χ0n) is 23.0. The molecule has 0 fully saturated rings. The molecule has 0 saturated heterocycles. The molecule has 0 bridgehead atoms. The van der Waals surface area contributed by atoms with Crippen LogP contribution in [0.2, 0.25) is 0 Å². The second-order valence-electron chi connectivity index (χ2n) is 10.0. The number of primary amides is 1. The molecular weight excluding hydrogens is 668 g/mol. The number of halogens is 2. The van der Waals surface area contributed by atoms with Gasteiger partial charge in [0.1, 0.15) is 0 Å². The Hall–Kier alpha value is -3.61. The summed E-state index contributed by atoms with van der Waals surface area (Å²) in [6.07, 6.45) is 4.65. The topological polar surface area (TPSA) is 148 Å². The highest BCUT2D eigenvalue weighted by Crippen LogP contribution is 2.33. The molecule has 0 radical (unpaired) electrons. The molecule has 0 aliphatic heterocycles. The third-order valence-electron chi connectivity index (χ3n) is 7.21. The molecule has 218 valence electrons. The van der Waals surface area contributed by atoms with Gasteiger partial charge in [0.25, 0.3) is 5.91 Å². The average molecular weight is 698 g/mol. The van der Waals surface area contributed by atoms with Crippen LogP contribution in [-0.2, 0) is 17.6 Å². The number of carbonyl (C=O) groups excluding carboxylic acids is 3. The van der Waals surface area contributed by atoms with Crippen LogP contribution in [0, 0.1) is 0 Å². The number of esters is 1. The fourth-order valence-electron chi connectivity index (χ4n) is 5.41. The van der Waals surface area contributed by atoms with Gasteiger partial charge in [-0.05, 0) is 75.4 Å². The number of ketones is 1. The first-order chi connectivity index (χ1) is 20.2. The molecule has 2 aliphatic carbocycles. The number of hydrogen-bond donors (Lipinski definition) is 2.